The third-order valence-corrected chi connectivity index (χ3v) is 10.3. The van der Waals surface area contributed by atoms with Gasteiger partial charge in [-0.1, -0.05) is 198 Å². The van der Waals surface area contributed by atoms with Crippen molar-refractivity contribution in [3.8, 4) is 0 Å². The van der Waals surface area contributed by atoms with Crippen molar-refractivity contribution in [3.63, 3.8) is 0 Å². The molecule has 0 bridgehead atoms. The Balaban J connectivity index is 4.24. The van der Waals surface area contributed by atoms with Crippen molar-refractivity contribution in [3.05, 3.63) is 48.6 Å². The van der Waals surface area contributed by atoms with Gasteiger partial charge in [-0.15, -0.1) is 0 Å². The molecule has 0 radical (unpaired) electrons. The van der Waals surface area contributed by atoms with E-state index in [1.165, 1.54) is 135 Å². The molecule has 0 aliphatic carbocycles. The fraction of sp³-hybridized carbons (Fsp3) is 0.804. The van der Waals surface area contributed by atoms with Crippen LogP contribution in [0.2, 0.25) is 0 Å². The summed E-state index contributed by atoms with van der Waals surface area (Å²) in [6, 6.07) is 0. The predicted octanol–water partition coefficient (Wildman–Crippen LogP) is 16.0. The average Bonchev–Trinajstić information content (AvgIpc) is 3.20. The Hall–Kier alpha value is -2.14. The van der Waals surface area contributed by atoms with E-state index in [0.29, 0.717) is 19.4 Å². The minimum Gasteiger partial charge on any atom is -0.462 e. The average molecular weight is 785 g/mol. The highest BCUT2D eigenvalue weighted by molar-refractivity contribution is 5.70. The number of carbonyl (C=O) groups is 2. The second kappa shape index (κ2) is 47.2. The first kappa shape index (κ1) is 53.9. The van der Waals surface area contributed by atoms with Crippen molar-refractivity contribution in [2.45, 2.75) is 245 Å². The third kappa shape index (κ3) is 44.6. The Kier molecular flexibility index (Phi) is 45.4. The lowest BCUT2D eigenvalue weighted by molar-refractivity contribution is -0.163. The Bertz CT molecular complexity index is 935. The standard InChI is InChI=1S/C51H92O5/c1-4-7-10-13-16-19-22-24-25-26-27-29-30-32-35-38-41-44-50(52)55-48-49(47-54-46-43-40-37-34-21-18-15-12-9-6-3)56-51(53)45-42-39-36-33-31-28-23-20-17-14-11-8-5-2/h8,11,17,20,24-25,28,31,49H,4-7,9-10,12-16,18-19,21-23,26-27,29-30,32-48H2,1-3H3/b11-8-,20-17-,25-24-,31-28-. The first-order valence-electron chi connectivity index (χ1n) is 24.2. The van der Waals surface area contributed by atoms with Gasteiger partial charge < -0.3 is 14.2 Å². The van der Waals surface area contributed by atoms with Gasteiger partial charge >= 0.3 is 11.9 Å². The molecule has 0 amide bonds. The van der Waals surface area contributed by atoms with Crippen LogP contribution in [-0.2, 0) is 23.8 Å². The molecule has 0 saturated heterocycles. The van der Waals surface area contributed by atoms with Gasteiger partial charge in [0, 0.05) is 19.4 Å². The molecule has 0 N–H and O–H groups in total. The molecule has 0 rings (SSSR count). The monoisotopic (exact) mass is 785 g/mol. The Morgan fingerprint density at radius 2 is 0.804 bits per heavy atom. The van der Waals surface area contributed by atoms with E-state index in [1.54, 1.807) is 0 Å². The molecular formula is C51H92O5. The Labute approximate surface area is 348 Å². The maximum atomic E-state index is 12.7. The first-order chi connectivity index (χ1) is 27.6. The SMILES string of the molecule is CC/C=C\C/C=C\C/C=C\CCCCCC(=O)OC(COCCCCCCCCCCCC)COC(=O)CCCCCCCCC/C=C\CCCCCCCC. The third-order valence-electron chi connectivity index (χ3n) is 10.3. The molecular weight excluding hydrogens is 693 g/mol. The highest BCUT2D eigenvalue weighted by atomic mass is 16.6. The lowest BCUT2D eigenvalue weighted by atomic mass is 10.1. The Morgan fingerprint density at radius 1 is 0.411 bits per heavy atom. The normalized spacial score (nSPS) is 12.6. The van der Waals surface area contributed by atoms with E-state index in [2.05, 4.69) is 69.4 Å². The number of unbranched alkanes of at least 4 members (excludes halogenated alkanes) is 25. The zero-order valence-corrected chi connectivity index (χ0v) is 37.4. The van der Waals surface area contributed by atoms with E-state index >= 15 is 0 Å². The van der Waals surface area contributed by atoms with Crippen molar-refractivity contribution < 1.29 is 23.8 Å². The van der Waals surface area contributed by atoms with Crippen molar-refractivity contribution >= 4 is 11.9 Å². The van der Waals surface area contributed by atoms with Crippen LogP contribution < -0.4 is 0 Å². The molecule has 0 saturated carbocycles. The summed E-state index contributed by atoms with van der Waals surface area (Å²) in [5.41, 5.74) is 0. The van der Waals surface area contributed by atoms with Gasteiger partial charge in [0.2, 0.25) is 0 Å². The molecule has 0 aliphatic heterocycles. The number of hydrogen-bond acceptors (Lipinski definition) is 5. The van der Waals surface area contributed by atoms with Crippen LogP contribution in [0.1, 0.15) is 239 Å². The molecule has 5 heteroatoms. The van der Waals surface area contributed by atoms with Crippen molar-refractivity contribution in [1.29, 1.82) is 0 Å². The largest absolute Gasteiger partial charge is 0.462 e. The fourth-order valence-corrected chi connectivity index (χ4v) is 6.75. The summed E-state index contributed by atoms with van der Waals surface area (Å²) in [6.07, 6.45) is 56.8. The topological polar surface area (TPSA) is 61.8 Å². The van der Waals surface area contributed by atoms with Crippen LogP contribution in [0.5, 0.6) is 0 Å². The van der Waals surface area contributed by atoms with Gasteiger partial charge in [0.1, 0.15) is 6.61 Å². The summed E-state index contributed by atoms with van der Waals surface area (Å²) in [4.78, 5) is 25.3. The highest BCUT2D eigenvalue weighted by Gasteiger charge is 2.17. The number of esters is 2. The molecule has 0 aliphatic rings. The van der Waals surface area contributed by atoms with Gasteiger partial charge in [-0.05, 0) is 77.0 Å². The molecule has 326 valence electrons. The van der Waals surface area contributed by atoms with Crippen molar-refractivity contribution in [2.75, 3.05) is 19.8 Å². The quantitative estimate of drug-likeness (QED) is 0.0350. The van der Waals surface area contributed by atoms with Crippen LogP contribution in [0.4, 0.5) is 0 Å². The maximum Gasteiger partial charge on any atom is 0.306 e. The van der Waals surface area contributed by atoms with Gasteiger partial charge in [-0.3, -0.25) is 9.59 Å². The van der Waals surface area contributed by atoms with Crippen LogP contribution in [0.15, 0.2) is 48.6 Å². The minimum atomic E-state index is -0.548. The molecule has 0 spiro atoms. The molecule has 0 fully saturated rings. The van der Waals surface area contributed by atoms with Crippen LogP contribution in [-0.4, -0.2) is 37.9 Å². The van der Waals surface area contributed by atoms with E-state index in [9.17, 15) is 9.59 Å². The summed E-state index contributed by atoms with van der Waals surface area (Å²) in [7, 11) is 0. The van der Waals surface area contributed by atoms with Crippen molar-refractivity contribution in [2.24, 2.45) is 0 Å². The fourth-order valence-electron chi connectivity index (χ4n) is 6.75. The van der Waals surface area contributed by atoms with E-state index in [4.69, 9.17) is 14.2 Å². The summed E-state index contributed by atoms with van der Waals surface area (Å²) in [5.74, 6) is -0.430. The summed E-state index contributed by atoms with van der Waals surface area (Å²) >= 11 is 0. The first-order valence-corrected chi connectivity index (χ1v) is 24.2. The number of carbonyl (C=O) groups excluding carboxylic acids is 2. The second-order valence-corrected chi connectivity index (χ2v) is 16.0. The Morgan fingerprint density at radius 3 is 1.32 bits per heavy atom. The van der Waals surface area contributed by atoms with Crippen LogP contribution >= 0.6 is 0 Å². The number of ether oxygens (including phenoxy) is 3. The maximum absolute atomic E-state index is 12.7. The minimum absolute atomic E-state index is 0.0736. The van der Waals surface area contributed by atoms with Gasteiger partial charge in [0.25, 0.3) is 0 Å². The predicted molar refractivity (Wildman–Crippen MR) is 242 cm³/mol. The number of rotatable bonds is 44. The molecule has 0 aromatic heterocycles. The van der Waals surface area contributed by atoms with E-state index < -0.39 is 6.10 Å². The summed E-state index contributed by atoms with van der Waals surface area (Å²) in [6.45, 7) is 7.69. The zero-order valence-electron chi connectivity index (χ0n) is 37.4. The summed E-state index contributed by atoms with van der Waals surface area (Å²) in [5, 5.41) is 0. The lowest BCUT2D eigenvalue weighted by Crippen LogP contribution is -2.30. The van der Waals surface area contributed by atoms with E-state index in [-0.39, 0.29) is 25.2 Å². The zero-order chi connectivity index (χ0) is 40.7. The second-order valence-electron chi connectivity index (χ2n) is 16.0. The highest BCUT2D eigenvalue weighted by Crippen LogP contribution is 2.14. The van der Waals surface area contributed by atoms with Gasteiger partial charge in [-0.25, -0.2) is 0 Å². The van der Waals surface area contributed by atoms with Gasteiger partial charge in [0.05, 0.1) is 6.61 Å². The molecule has 1 unspecified atom stereocenters. The number of allylic oxidation sites excluding steroid dienone is 8. The van der Waals surface area contributed by atoms with Crippen molar-refractivity contribution in [1.82, 2.24) is 0 Å². The molecule has 1 atom stereocenters. The molecule has 5 nitrogen and oxygen atoms in total. The van der Waals surface area contributed by atoms with Crippen LogP contribution in [0.25, 0.3) is 0 Å². The molecule has 56 heavy (non-hydrogen) atoms. The van der Waals surface area contributed by atoms with Gasteiger partial charge in [-0.2, -0.15) is 0 Å². The number of hydrogen-bond donors (Lipinski definition) is 0. The molecule has 0 aromatic carbocycles. The summed E-state index contributed by atoms with van der Waals surface area (Å²) < 4.78 is 17.3. The lowest BCUT2D eigenvalue weighted by Gasteiger charge is -2.18. The van der Waals surface area contributed by atoms with Crippen LogP contribution in [0, 0.1) is 0 Å². The smallest absolute Gasteiger partial charge is 0.306 e. The van der Waals surface area contributed by atoms with Crippen LogP contribution in [0.3, 0.4) is 0 Å². The molecule has 0 heterocycles. The van der Waals surface area contributed by atoms with E-state index in [0.717, 1.165) is 70.6 Å². The van der Waals surface area contributed by atoms with Gasteiger partial charge in [0.15, 0.2) is 6.10 Å². The van der Waals surface area contributed by atoms with E-state index in [1.807, 2.05) is 0 Å². The molecule has 0 aromatic rings.